The normalized spacial score (nSPS) is 11.2. The lowest BCUT2D eigenvalue weighted by molar-refractivity contribution is 0.844. The molecular weight excluding hydrogens is 230 g/mol. The quantitative estimate of drug-likeness (QED) is 0.461. The van der Waals surface area contributed by atoms with Gasteiger partial charge in [0.2, 0.25) is 0 Å². The lowest BCUT2D eigenvalue weighted by Crippen LogP contribution is -2.31. The Labute approximate surface area is 102 Å². The number of aryl methyl sites for hydroxylation is 2. The molecule has 0 saturated heterocycles. The van der Waals surface area contributed by atoms with E-state index in [4.69, 9.17) is 5.84 Å². The van der Waals surface area contributed by atoms with E-state index in [1.165, 1.54) is 0 Å². The third kappa shape index (κ3) is 1.35. The maximum atomic E-state index is 12.0. The number of benzene rings is 1. The van der Waals surface area contributed by atoms with Gasteiger partial charge in [-0.3, -0.25) is 4.79 Å². The second kappa shape index (κ2) is 3.49. The van der Waals surface area contributed by atoms with Crippen LogP contribution in [0.1, 0.15) is 11.4 Å². The van der Waals surface area contributed by atoms with Gasteiger partial charge < -0.3 is 5.84 Å². The van der Waals surface area contributed by atoms with Crippen LogP contribution in [-0.4, -0.2) is 19.9 Å². The molecule has 0 aliphatic carbocycles. The lowest BCUT2D eigenvalue weighted by Gasteiger charge is -2.06. The maximum absolute atomic E-state index is 12.0. The first-order valence-electron chi connectivity index (χ1n) is 5.49. The molecule has 6 nitrogen and oxygen atoms in total. The molecule has 0 aliphatic heterocycles. The molecule has 0 spiro atoms. The average molecular weight is 241 g/mol. The highest BCUT2D eigenvalue weighted by Crippen LogP contribution is 2.19. The summed E-state index contributed by atoms with van der Waals surface area (Å²) in [4.78, 5) is 16.3. The fourth-order valence-corrected chi connectivity index (χ4v) is 1.94. The Hall–Kier alpha value is -2.50. The van der Waals surface area contributed by atoms with E-state index >= 15 is 0 Å². The molecule has 0 fully saturated rings. The van der Waals surface area contributed by atoms with Gasteiger partial charge >= 0.3 is 0 Å². The molecule has 2 aromatic heterocycles. The number of rotatable bonds is 0. The van der Waals surface area contributed by atoms with Crippen LogP contribution >= 0.6 is 0 Å². The summed E-state index contributed by atoms with van der Waals surface area (Å²) in [5.41, 5.74) is 2.17. The molecule has 1 aromatic carbocycles. The van der Waals surface area contributed by atoms with E-state index in [2.05, 4.69) is 15.2 Å². The molecule has 0 aliphatic rings. The highest BCUT2D eigenvalue weighted by atomic mass is 16.1. The standard InChI is InChI=1S/C12H11N5O/c1-6-3-4-8-9(5-6)15-16-11-10(8)14-7(2)17(13)12(11)18/h3-5H,13H2,1-2H3. The number of aromatic nitrogens is 4. The minimum atomic E-state index is -0.382. The summed E-state index contributed by atoms with van der Waals surface area (Å²) < 4.78 is 0.983. The van der Waals surface area contributed by atoms with Crippen LogP contribution in [0.2, 0.25) is 0 Å². The lowest BCUT2D eigenvalue weighted by atomic mass is 10.1. The van der Waals surface area contributed by atoms with E-state index in [-0.39, 0.29) is 11.1 Å². The molecule has 3 rings (SSSR count). The molecule has 2 heterocycles. The van der Waals surface area contributed by atoms with Crippen LogP contribution in [-0.2, 0) is 0 Å². The van der Waals surface area contributed by atoms with Gasteiger partial charge in [0.15, 0.2) is 5.52 Å². The molecule has 0 atom stereocenters. The number of nitrogen functional groups attached to an aromatic ring is 1. The summed E-state index contributed by atoms with van der Waals surface area (Å²) in [5, 5.41) is 8.78. The first-order valence-corrected chi connectivity index (χ1v) is 5.49. The Morgan fingerprint density at radius 1 is 1.17 bits per heavy atom. The molecule has 0 bridgehead atoms. The fourth-order valence-electron chi connectivity index (χ4n) is 1.94. The van der Waals surface area contributed by atoms with E-state index in [0.29, 0.717) is 11.3 Å². The highest BCUT2D eigenvalue weighted by molar-refractivity contribution is 6.00. The van der Waals surface area contributed by atoms with Gasteiger partial charge in [-0.05, 0) is 25.5 Å². The van der Waals surface area contributed by atoms with Gasteiger partial charge in [-0.1, -0.05) is 12.1 Å². The molecule has 3 aromatic rings. The van der Waals surface area contributed by atoms with E-state index in [0.717, 1.165) is 21.1 Å². The molecule has 0 unspecified atom stereocenters. The first kappa shape index (κ1) is 10.6. The zero-order chi connectivity index (χ0) is 12.9. The Bertz CT molecular complexity index is 837. The summed E-state index contributed by atoms with van der Waals surface area (Å²) in [7, 11) is 0. The van der Waals surface area contributed by atoms with Gasteiger partial charge in [0.05, 0.1) is 5.52 Å². The second-order valence-electron chi connectivity index (χ2n) is 4.25. The molecule has 0 radical (unpaired) electrons. The molecule has 18 heavy (non-hydrogen) atoms. The number of hydrogen-bond acceptors (Lipinski definition) is 5. The van der Waals surface area contributed by atoms with Crippen molar-refractivity contribution in [3.63, 3.8) is 0 Å². The number of nitrogens with two attached hydrogens (primary N) is 1. The molecule has 6 heteroatoms. The van der Waals surface area contributed by atoms with E-state index in [1.54, 1.807) is 6.92 Å². The SMILES string of the molecule is Cc1ccc2c(c1)nnc1c(=O)n(N)c(C)nc12. The van der Waals surface area contributed by atoms with Crippen LogP contribution in [0, 0.1) is 13.8 Å². The summed E-state index contributed by atoms with van der Waals surface area (Å²) in [6.07, 6.45) is 0. The van der Waals surface area contributed by atoms with Gasteiger partial charge in [0.1, 0.15) is 11.3 Å². The average Bonchev–Trinajstić information content (AvgIpc) is 2.35. The van der Waals surface area contributed by atoms with Crippen LogP contribution in [0.15, 0.2) is 23.0 Å². The largest absolute Gasteiger partial charge is 0.335 e. The monoisotopic (exact) mass is 241 g/mol. The van der Waals surface area contributed by atoms with Gasteiger partial charge in [0, 0.05) is 5.39 Å². The van der Waals surface area contributed by atoms with Crippen molar-refractivity contribution in [3.8, 4) is 0 Å². The van der Waals surface area contributed by atoms with Gasteiger partial charge in [-0.15, -0.1) is 10.2 Å². The van der Waals surface area contributed by atoms with Crippen molar-refractivity contribution in [1.82, 2.24) is 19.9 Å². The summed E-state index contributed by atoms with van der Waals surface area (Å²) in [6.45, 7) is 3.66. The summed E-state index contributed by atoms with van der Waals surface area (Å²) in [6, 6.07) is 5.76. The molecule has 0 amide bonds. The van der Waals surface area contributed by atoms with Crippen LogP contribution < -0.4 is 11.4 Å². The summed E-state index contributed by atoms with van der Waals surface area (Å²) in [5.74, 6) is 6.04. The Kier molecular flexibility index (Phi) is 2.07. The predicted molar refractivity (Wildman–Crippen MR) is 68.7 cm³/mol. The van der Waals surface area contributed by atoms with E-state index in [9.17, 15) is 4.79 Å². The third-order valence-electron chi connectivity index (χ3n) is 2.93. The summed E-state index contributed by atoms with van der Waals surface area (Å²) >= 11 is 0. The molecule has 0 saturated carbocycles. The molecule has 90 valence electrons. The van der Waals surface area contributed by atoms with Crippen LogP contribution in [0.25, 0.3) is 21.9 Å². The van der Waals surface area contributed by atoms with Crippen molar-refractivity contribution in [2.45, 2.75) is 13.8 Å². The van der Waals surface area contributed by atoms with Crippen LogP contribution in [0.5, 0.6) is 0 Å². The zero-order valence-corrected chi connectivity index (χ0v) is 10.0. The Balaban J connectivity index is 2.59. The van der Waals surface area contributed by atoms with Gasteiger partial charge in [-0.25, -0.2) is 9.66 Å². The molecule has 2 N–H and O–H groups in total. The number of hydrogen-bond donors (Lipinski definition) is 1. The maximum Gasteiger partial charge on any atom is 0.300 e. The van der Waals surface area contributed by atoms with E-state index in [1.807, 2.05) is 25.1 Å². The van der Waals surface area contributed by atoms with Gasteiger partial charge in [0.25, 0.3) is 5.56 Å². The van der Waals surface area contributed by atoms with Crippen molar-refractivity contribution in [3.05, 3.63) is 39.9 Å². The Morgan fingerprint density at radius 2 is 1.94 bits per heavy atom. The number of fused-ring (bicyclic) bond motifs is 3. The van der Waals surface area contributed by atoms with Crippen molar-refractivity contribution < 1.29 is 0 Å². The predicted octanol–water partition coefficient (Wildman–Crippen LogP) is 0.670. The third-order valence-corrected chi connectivity index (χ3v) is 2.93. The van der Waals surface area contributed by atoms with E-state index < -0.39 is 0 Å². The first-order chi connectivity index (χ1) is 8.58. The fraction of sp³-hybridized carbons (Fsp3) is 0.167. The van der Waals surface area contributed by atoms with Crippen molar-refractivity contribution in [2.24, 2.45) is 0 Å². The number of nitrogens with zero attached hydrogens (tertiary/aromatic N) is 4. The second-order valence-corrected chi connectivity index (χ2v) is 4.25. The van der Waals surface area contributed by atoms with Crippen molar-refractivity contribution in [2.75, 3.05) is 5.84 Å². The molecular formula is C12H11N5O. The Morgan fingerprint density at radius 3 is 2.72 bits per heavy atom. The van der Waals surface area contributed by atoms with Crippen LogP contribution in [0.4, 0.5) is 0 Å². The zero-order valence-electron chi connectivity index (χ0n) is 10.0. The van der Waals surface area contributed by atoms with Crippen molar-refractivity contribution in [1.29, 1.82) is 0 Å². The smallest absolute Gasteiger partial charge is 0.300 e. The highest BCUT2D eigenvalue weighted by Gasteiger charge is 2.11. The topological polar surface area (TPSA) is 86.7 Å². The minimum Gasteiger partial charge on any atom is -0.335 e. The minimum absolute atomic E-state index is 0.194. The van der Waals surface area contributed by atoms with Gasteiger partial charge in [-0.2, -0.15) is 0 Å². The van der Waals surface area contributed by atoms with Crippen LogP contribution in [0.3, 0.4) is 0 Å². The van der Waals surface area contributed by atoms with Crippen molar-refractivity contribution >= 4 is 21.9 Å².